The van der Waals surface area contributed by atoms with Gasteiger partial charge in [0.05, 0.1) is 13.7 Å². The first-order valence-electron chi connectivity index (χ1n) is 6.34. The molecule has 0 radical (unpaired) electrons. The van der Waals surface area contributed by atoms with Gasteiger partial charge in [0, 0.05) is 23.6 Å². The zero-order chi connectivity index (χ0) is 14.4. The van der Waals surface area contributed by atoms with Crippen molar-refractivity contribution in [1.82, 2.24) is 15.6 Å². The average molecular weight is 275 g/mol. The van der Waals surface area contributed by atoms with Crippen LogP contribution in [-0.4, -0.2) is 37.2 Å². The number of hydrogen-bond donors (Lipinski definition) is 3. The lowest BCUT2D eigenvalue weighted by molar-refractivity contribution is -0.120. The molecule has 1 aromatic carbocycles. The molecular formula is C14H17N3O3. The van der Waals surface area contributed by atoms with E-state index in [1.54, 1.807) is 0 Å². The number of H-pyrrole nitrogens is 1. The van der Waals surface area contributed by atoms with E-state index in [2.05, 4.69) is 20.4 Å². The number of methoxy groups -OCH3 is 1. The van der Waals surface area contributed by atoms with Gasteiger partial charge in [-0.3, -0.25) is 4.79 Å². The largest absolute Gasteiger partial charge is 0.453 e. The highest BCUT2D eigenvalue weighted by Crippen LogP contribution is 2.17. The molecule has 0 aliphatic rings. The van der Waals surface area contributed by atoms with Crippen molar-refractivity contribution in [2.24, 2.45) is 0 Å². The minimum absolute atomic E-state index is 0.0828. The fourth-order valence-corrected chi connectivity index (χ4v) is 1.96. The monoisotopic (exact) mass is 275 g/mol. The van der Waals surface area contributed by atoms with Crippen molar-refractivity contribution in [2.45, 2.75) is 6.42 Å². The molecule has 0 bridgehead atoms. The molecule has 1 heterocycles. The summed E-state index contributed by atoms with van der Waals surface area (Å²) in [6.07, 6.45) is 2.06. The van der Waals surface area contributed by atoms with Gasteiger partial charge in [-0.1, -0.05) is 18.2 Å². The number of carbonyl (C=O) groups is 2. The molecule has 0 fully saturated rings. The predicted molar refractivity (Wildman–Crippen MR) is 75.4 cm³/mol. The Kier molecular flexibility index (Phi) is 4.60. The van der Waals surface area contributed by atoms with Crippen molar-refractivity contribution in [1.29, 1.82) is 0 Å². The zero-order valence-corrected chi connectivity index (χ0v) is 11.2. The standard InChI is InChI=1S/C14H17N3O3/c1-20-14(19)17-9-13(18)15-7-6-10-8-16-12-5-3-2-4-11(10)12/h2-5,8,16H,6-7,9H2,1H3,(H,15,18)(H,17,19). The first kappa shape index (κ1) is 13.9. The normalized spacial score (nSPS) is 10.2. The lowest BCUT2D eigenvalue weighted by Crippen LogP contribution is -2.37. The van der Waals surface area contributed by atoms with Gasteiger partial charge in [0.1, 0.15) is 0 Å². The van der Waals surface area contributed by atoms with Crippen LogP contribution in [-0.2, 0) is 16.0 Å². The second kappa shape index (κ2) is 6.60. The Morgan fingerprint density at radius 3 is 2.85 bits per heavy atom. The van der Waals surface area contributed by atoms with Gasteiger partial charge in [-0.25, -0.2) is 4.79 Å². The van der Waals surface area contributed by atoms with Crippen LogP contribution in [0.1, 0.15) is 5.56 Å². The molecule has 106 valence electrons. The van der Waals surface area contributed by atoms with Crippen molar-refractivity contribution in [3.63, 3.8) is 0 Å². The maximum absolute atomic E-state index is 11.5. The quantitative estimate of drug-likeness (QED) is 0.766. The third-order valence-corrected chi connectivity index (χ3v) is 2.97. The Labute approximate surface area is 116 Å². The van der Waals surface area contributed by atoms with E-state index in [9.17, 15) is 9.59 Å². The lowest BCUT2D eigenvalue weighted by Gasteiger charge is -2.05. The van der Waals surface area contributed by atoms with Gasteiger partial charge in [0.15, 0.2) is 0 Å². The van der Waals surface area contributed by atoms with Gasteiger partial charge in [-0.15, -0.1) is 0 Å². The summed E-state index contributed by atoms with van der Waals surface area (Å²) in [5.41, 5.74) is 2.24. The van der Waals surface area contributed by atoms with Gasteiger partial charge in [0.2, 0.25) is 5.91 Å². The summed E-state index contributed by atoms with van der Waals surface area (Å²) in [6, 6.07) is 8.01. The fourth-order valence-electron chi connectivity index (χ4n) is 1.96. The van der Waals surface area contributed by atoms with E-state index in [1.165, 1.54) is 7.11 Å². The molecule has 0 aliphatic heterocycles. The number of rotatable bonds is 5. The second-order valence-electron chi connectivity index (χ2n) is 4.30. The summed E-state index contributed by atoms with van der Waals surface area (Å²) >= 11 is 0. The molecule has 3 N–H and O–H groups in total. The molecule has 0 atom stereocenters. The summed E-state index contributed by atoms with van der Waals surface area (Å²) < 4.78 is 4.38. The molecule has 2 amide bonds. The zero-order valence-electron chi connectivity index (χ0n) is 11.2. The van der Waals surface area contributed by atoms with Gasteiger partial charge in [-0.2, -0.15) is 0 Å². The smallest absolute Gasteiger partial charge is 0.407 e. The summed E-state index contributed by atoms with van der Waals surface area (Å²) in [6.45, 7) is 0.435. The van der Waals surface area contributed by atoms with Gasteiger partial charge >= 0.3 is 6.09 Å². The van der Waals surface area contributed by atoms with E-state index in [0.717, 1.165) is 22.9 Å². The number of carbonyl (C=O) groups excluding carboxylic acids is 2. The number of ether oxygens (including phenoxy) is 1. The molecule has 1 aromatic heterocycles. The minimum Gasteiger partial charge on any atom is -0.453 e. The minimum atomic E-state index is -0.614. The van der Waals surface area contributed by atoms with Crippen LogP contribution in [0.4, 0.5) is 4.79 Å². The molecule has 0 aliphatic carbocycles. The topological polar surface area (TPSA) is 83.2 Å². The lowest BCUT2D eigenvalue weighted by atomic mass is 10.1. The fraction of sp³-hybridized carbons (Fsp3) is 0.286. The van der Waals surface area contributed by atoms with Crippen LogP contribution in [0.3, 0.4) is 0 Å². The van der Waals surface area contributed by atoms with Crippen LogP contribution in [0, 0.1) is 0 Å². The Balaban J connectivity index is 1.78. The maximum Gasteiger partial charge on any atom is 0.407 e. The maximum atomic E-state index is 11.5. The van der Waals surface area contributed by atoms with E-state index in [0.29, 0.717) is 6.54 Å². The summed E-state index contributed by atoms with van der Waals surface area (Å²) in [5, 5.41) is 6.23. The summed E-state index contributed by atoms with van der Waals surface area (Å²) in [5.74, 6) is -0.241. The van der Waals surface area contributed by atoms with Crippen molar-refractivity contribution >= 4 is 22.9 Å². The number of benzene rings is 1. The summed E-state index contributed by atoms with van der Waals surface area (Å²) in [4.78, 5) is 25.5. The van der Waals surface area contributed by atoms with Crippen molar-refractivity contribution < 1.29 is 14.3 Å². The Hall–Kier alpha value is -2.50. The van der Waals surface area contributed by atoms with E-state index in [-0.39, 0.29) is 12.5 Å². The van der Waals surface area contributed by atoms with E-state index in [4.69, 9.17) is 0 Å². The van der Waals surface area contributed by atoms with Crippen LogP contribution in [0.25, 0.3) is 10.9 Å². The second-order valence-corrected chi connectivity index (χ2v) is 4.30. The first-order valence-corrected chi connectivity index (χ1v) is 6.34. The molecule has 0 saturated heterocycles. The number of hydrogen-bond acceptors (Lipinski definition) is 3. The average Bonchev–Trinajstić information content (AvgIpc) is 2.88. The van der Waals surface area contributed by atoms with Crippen molar-refractivity contribution in [3.8, 4) is 0 Å². The van der Waals surface area contributed by atoms with Gasteiger partial charge in [0.25, 0.3) is 0 Å². The Morgan fingerprint density at radius 1 is 1.25 bits per heavy atom. The number of fused-ring (bicyclic) bond motifs is 1. The third-order valence-electron chi connectivity index (χ3n) is 2.97. The van der Waals surface area contributed by atoms with Gasteiger partial charge in [-0.05, 0) is 18.1 Å². The molecule has 0 saturated carbocycles. The van der Waals surface area contributed by atoms with E-state index in [1.807, 2.05) is 30.5 Å². The Morgan fingerprint density at radius 2 is 2.05 bits per heavy atom. The molecule has 0 unspecified atom stereocenters. The molecule has 20 heavy (non-hydrogen) atoms. The van der Waals surface area contributed by atoms with Crippen LogP contribution in [0.5, 0.6) is 0 Å². The van der Waals surface area contributed by atoms with Crippen molar-refractivity contribution in [3.05, 3.63) is 36.0 Å². The molecule has 6 heteroatoms. The molecule has 2 rings (SSSR count). The first-order chi connectivity index (χ1) is 9.70. The van der Waals surface area contributed by atoms with Crippen molar-refractivity contribution in [2.75, 3.05) is 20.2 Å². The number of amides is 2. The highest BCUT2D eigenvalue weighted by atomic mass is 16.5. The summed E-state index contributed by atoms with van der Waals surface area (Å²) in [7, 11) is 1.25. The van der Waals surface area contributed by atoms with E-state index < -0.39 is 6.09 Å². The van der Waals surface area contributed by atoms with Crippen LogP contribution in [0.2, 0.25) is 0 Å². The Bertz CT molecular complexity index is 606. The van der Waals surface area contributed by atoms with Gasteiger partial charge < -0.3 is 20.4 Å². The van der Waals surface area contributed by atoms with Crippen LogP contribution in [0.15, 0.2) is 30.5 Å². The third kappa shape index (κ3) is 3.50. The number of para-hydroxylation sites is 1. The highest BCUT2D eigenvalue weighted by Gasteiger charge is 2.06. The number of aromatic nitrogens is 1. The molecule has 2 aromatic rings. The number of nitrogens with one attached hydrogen (secondary N) is 3. The van der Waals surface area contributed by atoms with Crippen LogP contribution >= 0.6 is 0 Å². The number of alkyl carbamates (subject to hydrolysis) is 1. The number of aromatic amines is 1. The van der Waals surface area contributed by atoms with Crippen LogP contribution < -0.4 is 10.6 Å². The molecular weight excluding hydrogens is 258 g/mol. The molecule has 0 spiro atoms. The highest BCUT2D eigenvalue weighted by molar-refractivity contribution is 5.83. The SMILES string of the molecule is COC(=O)NCC(=O)NCCc1c[nH]c2ccccc12. The predicted octanol–water partition coefficient (Wildman–Crippen LogP) is 1.18. The van der Waals surface area contributed by atoms with E-state index >= 15 is 0 Å². The molecule has 6 nitrogen and oxygen atoms in total.